The molecule has 0 aromatic rings. The number of aliphatic hydroxyl groups is 1. The second kappa shape index (κ2) is 8.14. The van der Waals surface area contributed by atoms with Gasteiger partial charge in [0.25, 0.3) is 0 Å². The molecular formula is C10H22O6Si. The lowest BCUT2D eigenvalue weighted by molar-refractivity contribution is 0.0720. The summed E-state index contributed by atoms with van der Waals surface area (Å²) < 4.78 is 26.6. The summed E-state index contributed by atoms with van der Waals surface area (Å²) in [6.45, 7) is 2.33. The Morgan fingerprint density at radius 1 is 1.29 bits per heavy atom. The first-order valence-corrected chi connectivity index (χ1v) is 7.74. The van der Waals surface area contributed by atoms with Gasteiger partial charge in [0, 0.05) is 26.9 Å². The van der Waals surface area contributed by atoms with E-state index in [1.54, 1.807) is 14.2 Å². The normalized spacial score (nSPS) is 19.6. The third-order valence-corrected chi connectivity index (χ3v) is 5.37. The lowest BCUT2D eigenvalue weighted by atomic mass is 10.5. The molecule has 102 valence electrons. The second-order valence-electron chi connectivity index (χ2n) is 3.80. The third kappa shape index (κ3) is 5.91. The summed E-state index contributed by atoms with van der Waals surface area (Å²) in [7, 11) is 0.554. The lowest BCUT2D eigenvalue weighted by Crippen LogP contribution is -2.44. The minimum absolute atomic E-state index is 0.0308. The van der Waals surface area contributed by atoms with Gasteiger partial charge in [-0.15, -0.1) is 0 Å². The fourth-order valence-corrected chi connectivity index (χ4v) is 3.38. The van der Waals surface area contributed by atoms with Crippen molar-refractivity contribution in [2.45, 2.75) is 18.6 Å². The quantitative estimate of drug-likeness (QED) is 0.323. The predicted molar refractivity (Wildman–Crippen MR) is 62.8 cm³/mol. The van der Waals surface area contributed by atoms with Gasteiger partial charge in [-0.05, 0) is 6.42 Å². The van der Waals surface area contributed by atoms with Gasteiger partial charge < -0.3 is 27.9 Å². The van der Waals surface area contributed by atoms with Crippen molar-refractivity contribution in [3.05, 3.63) is 0 Å². The van der Waals surface area contributed by atoms with Crippen LogP contribution in [-0.2, 0) is 22.8 Å². The van der Waals surface area contributed by atoms with Crippen LogP contribution in [0.5, 0.6) is 0 Å². The number of hydrogen-bond donors (Lipinski definition) is 1. The Morgan fingerprint density at radius 2 is 2.00 bits per heavy atom. The molecule has 0 aromatic carbocycles. The van der Waals surface area contributed by atoms with Crippen LogP contribution < -0.4 is 0 Å². The first-order chi connectivity index (χ1) is 8.26. The van der Waals surface area contributed by atoms with E-state index in [0.717, 1.165) is 13.0 Å². The number of ether oxygens (including phenoxy) is 2. The molecule has 1 heterocycles. The highest BCUT2D eigenvalue weighted by Gasteiger charge is 2.38. The summed E-state index contributed by atoms with van der Waals surface area (Å²) in [5.74, 6) is 0. The van der Waals surface area contributed by atoms with Crippen LogP contribution >= 0.6 is 0 Å². The first-order valence-electron chi connectivity index (χ1n) is 5.81. The summed E-state index contributed by atoms with van der Waals surface area (Å²) in [5, 5.41) is 8.75. The summed E-state index contributed by atoms with van der Waals surface area (Å²) in [5.41, 5.74) is 0. The van der Waals surface area contributed by atoms with Gasteiger partial charge in [-0.1, -0.05) is 0 Å². The first kappa shape index (κ1) is 15.0. The van der Waals surface area contributed by atoms with Crippen molar-refractivity contribution in [1.82, 2.24) is 0 Å². The SMILES string of the molecule is CO[Si](CCCOCC1CO1)(OC)OCCO. The molecule has 1 aliphatic heterocycles. The standard InChI is InChI=1S/C10H22O6Si/c1-12-17(13-2,16-6-4-11)7-3-5-14-8-10-9-15-10/h10-11H,3-9H2,1-2H3. The van der Waals surface area contributed by atoms with Crippen molar-refractivity contribution in [2.75, 3.05) is 47.3 Å². The van der Waals surface area contributed by atoms with Gasteiger partial charge >= 0.3 is 8.80 Å². The van der Waals surface area contributed by atoms with E-state index in [1.807, 2.05) is 0 Å². The largest absolute Gasteiger partial charge is 0.500 e. The molecule has 0 radical (unpaired) electrons. The molecule has 0 spiro atoms. The van der Waals surface area contributed by atoms with Crippen LogP contribution in [0.25, 0.3) is 0 Å². The zero-order valence-electron chi connectivity index (χ0n) is 10.5. The molecule has 1 rings (SSSR count). The van der Waals surface area contributed by atoms with Gasteiger partial charge in [0.05, 0.1) is 26.4 Å². The van der Waals surface area contributed by atoms with E-state index < -0.39 is 8.80 Å². The van der Waals surface area contributed by atoms with Gasteiger partial charge in [-0.3, -0.25) is 0 Å². The average molecular weight is 266 g/mol. The Hall–Kier alpha value is -0.0231. The Kier molecular flexibility index (Phi) is 7.20. The Balaban J connectivity index is 2.12. The molecule has 0 bridgehead atoms. The van der Waals surface area contributed by atoms with Crippen molar-refractivity contribution in [1.29, 1.82) is 0 Å². The molecular weight excluding hydrogens is 244 g/mol. The molecule has 0 aromatic heterocycles. The molecule has 1 fully saturated rings. The summed E-state index contributed by atoms with van der Waals surface area (Å²) >= 11 is 0. The van der Waals surface area contributed by atoms with Crippen molar-refractivity contribution in [3.63, 3.8) is 0 Å². The van der Waals surface area contributed by atoms with Crippen LogP contribution in [0.1, 0.15) is 6.42 Å². The molecule has 1 atom stereocenters. The smallest absolute Gasteiger partial charge is 0.394 e. The number of hydrogen-bond acceptors (Lipinski definition) is 6. The van der Waals surface area contributed by atoms with Crippen molar-refractivity contribution in [2.24, 2.45) is 0 Å². The van der Waals surface area contributed by atoms with Crippen LogP contribution in [0.15, 0.2) is 0 Å². The molecule has 17 heavy (non-hydrogen) atoms. The van der Waals surface area contributed by atoms with Crippen LogP contribution in [0.4, 0.5) is 0 Å². The molecule has 1 unspecified atom stereocenters. The number of aliphatic hydroxyl groups excluding tert-OH is 1. The summed E-state index contributed by atoms with van der Waals surface area (Å²) in [4.78, 5) is 0. The predicted octanol–water partition coefficient (Wildman–Crippen LogP) is 0.0325. The molecule has 0 aliphatic carbocycles. The third-order valence-electron chi connectivity index (χ3n) is 2.51. The van der Waals surface area contributed by atoms with Gasteiger partial charge in [0.2, 0.25) is 0 Å². The van der Waals surface area contributed by atoms with E-state index in [1.165, 1.54) is 0 Å². The van der Waals surface area contributed by atoms with Gasteiger partial charge in [0.15, 0.2) is 0 Å². The molecule has 1 saturated heterocycles. The summed E-state index contributed by atoms with van der Waals surface area (Å²) in [6.07, 6.45) is 1.11. The molecule has 0 amide bonds. The topological polar surface area (TPSA) is 69.7 Å². The summed E-state index contributed by atoms with van der Waals surface area (Å²) in [6, 6.07) is 0.686. The van der Waals surface area contributed by atoms with Crippen molar-refractivity contribution < 1.29 is 27.9 Å². The van der Waals surface area contributed by atoms with Crippen LogP contribution in [0, 0.1) is 0 Å². The average Bonchev–Trinajstić information content (AvgIpc) is 3.17. The van der Waals surface area contributed by atoms with Crippen molar-refractivity contribution in [3.8, 4) is 0 Å². The maximum Gasteiger partial charge on any atom is 0.500 e. The lowest BCUT2D eigenvalue weighted by Gasteiger charge is -2.25. The van der Waals surface area contributed by atoms with E-state index in [9.17, 15) is 0 Å². The minimum atomic E-state index is -2.60. The maximum absolute atomic E-state index is 8.75. The Bertz CT molecular complexity index is 195. The molecule has 6 nitrogen and oxygen atoms in total. The number of epoxide rings is 1. The van der Waals surface area contributed by atoms with E-state index in [-0.39, 0.29) is 13.2 Å². The highest BCUT2D eigenvalue weighted by atomic mass is 28.4. The van der Waals surface area contributed by atoms with Gasteiger partial charge in [-0.25, -0.2) is 0 Å². The molecule has 1 N–H and O–H groups in total. The van der Waals surface area contributed by atoms with Crippen LogP contribution in [-0.4, -0.2) is 67.3 Å². The monoisotopic (exact) mass is 266 g/mol. The highest BCUT2D eigenvalue weighted by Crippen LogP contribution is 2.16. The highest BCUT2D eigenvalue weighted by molar-refractivity contribution is 6.60. The number of rotatable bonds is 11. The molecule has 1 aliphatic rings. The van der Waals surface area contributed by atoms with E-state index in [0.29, 0.717) is 25.4 Å². The zero-order chi connectivity index (χ0) is 12.6. The molecule has 0 saturated carbocycles. The second-order valence-corrected chi connectivity index (χ2v) is 6.77. The van der Waals surface area contributed by atoms with E-state index >= 15 is 0 Å². The van der Waals surface area contributed by atoms with Crippen molar-refractivity contribution >= 4 is 8.80 Å². The van der Waals surface area contributed by atoms with Gasteiger partial charge in [0.1, 0.15) is 6.10 Å². The van der Waals surface area contributed by atoms with Gasteiger partial charge in [-0.2, -0.15) is 0 Å². The van der Waals surface area contributed by atoms with Crippen LogP contribution in [0.2, 0.25) is 6.04 Å². The molecule has 7 heteroatoms. The van der Waals surface area contributed by atoms with Crippen LogP contribution in [0.3, 0.4) is 0 Å². The Labute approximate surface area is 103 Å². The fourth-order valence-electron chi connectivity index (χ4n) is 1.45. The Morgan fingerprint density at radius 3 is 2.53 bits per heavy atom. The maximum atomic E-state index is 8.75. The van der Waals surface area contributed by atoms with E-state index in [2.05, 4.69) is 0 Å². The van der Waals surface area contributed by atoms with E-state index in [4.69, 9.17) is 27.9 Å². The zero-order valence-corrected chi connectivity index (χ0v) is 11.5. The fraction of sp³-hybridized carbons (Fsp3) is 1.00. The minimum Gasteiger partial charge on any atom is -0.394 e.